The zero-order chi connectivity index (χ0) is 13.9. The first-order chi connectivity index (χ1) is 9.03. The zero-order valence-electron chi connectivity index (χ0n) is 12.1. The van der Waals surface area contributed by atoms with Crippen molar-refractivity contribution in [3.63, 3.8) is 0 Å². The summed E-state index contributed by atoms with van der Waals surface area (Å²) in [5, 5.41) is 0. The molecule has 1 aliphatic heterocycles. The molecule has 1 aromatic rings. The number of nitrogen functional groups attached to an aromatic ring is 1. The maximum Gasteiger partial charge on any atom is 0.0512 e. The van der Waals surface area contributed by atoms with E-state index in [4.69, 9.17) is 11.5 Å². The highest BCUT2D eigenvalue weighted by molar-refractivity contribution is 5.47. The Morgan fingerprint density at radius 1 is 1.21 bits per heavy atom. The number of hydrogen-bond acceptors (Lipinski definition) is 4. The Bertz CT molecular complexity index is 408. The van der Waals surface area contributed by atoms with Crippen LogP contribution in [0.1, 0.15) is 51.1 Å². The SMILES string of the molecule is CC(C)(C(N)c1cnccc1N)N1CCCCCC1. The normalized spacial score (nSPS) is 19.9. The van der Waals surface area contributed by atoms with Crippen molar-refractivity contribution in [1.82, 2.24) is 9.88 Å². The van der Waals surface area contributed by atoms with Gasteiger partial charge in [0.2, 0.25) is 0 Å². The maximum atomic E-state index is 6.49. The van der Waals surface area contributed by atoms with E-state index >= 15 is 0 Å². The molecule has 1 unspecified atom stereocenters. The molecule has 0 amide bonds. The highest BCUT2D eigenvalue weighted by Gasteiger charge is 2.35. The first kappa shape index (κ1) is 14.3. The van der Waals surface area contributed by atoms with E-state index in [9.17, 15) is 0 Å². The summed E-state index contributed by atoms with van der Waals surface area (Å²) in [6, 6.07) is 1.72. The third kappa shape index (κ3) is 3.07. The van der Waals surface area contributed by atoms with Gasteiger partial charge in [0, 0.05) is 29.2 Å². The Kier molecular flexibility index (Phi) is 4.42. The molecule has 0 saturated carbocycles. The molecule has 0 radical (unpaired) electrons. The highest BCUT2D eigenvalue weighted by atomic mass is 15.2. The lowest BCUT2D eigenvalue weighted by Gasteiger charge is -2.42. The van der Waals surface area contributed by atoms with Crippen molar-refractivity contribution in [1.29, 1.82) is 0 Å². The van der Waals surface area contributed by atoms with Crippen LogP contribution >= 0.6 is 0 Å². The third-order valence-corrected chi connectivity index (χ3v) is 4.40. The number of likely N-dealkylation sites (tertiary alicyclic amines) is 1. The van der Waals surface area contributed by atoms with Crippen LogP contribution in [0.15, 0.2) is 18.5 Å². The second-order valence-corrected chi connectivity index (χ2v) is 6.04. The number of aromatic nitrogens is 1. The Balaban J connectivity index is 2.20. The molecule has 1 atom stereocenters. The second kappa shape index (κ2) is 5.88. The Labute approximate surface area is 116 Å². The molecule has 1 aromatic heterocycles. The summed E-state index contributed by atoms with van der Waals surface area (Å²) < 4.78 is 0. The lowest BCUT2D eigenvalue weighted by molar-refractivity contribution is 0.0981. The predicted molar refractivity (Wildman–Crippen MR) is 79.7 cm³/mol. The van der Waals surface area contributed by atoms with Crippen LogP contribution in [0.2, 0.25) is 0 Å². The van der Waals surface area contributed by atoms with E-state index < -0.39 is 0 Å². The molecule has 1 fully saturated rings. The first-order valence-corrected chi connectivity index (χ1v) is 7.23. The van der Waals surface area contributed by atoms with E-state index in [1.807, 2.05) is 6.07 Å². The molecule has 4 heteroatoms. The molecule has 4 N–H and O–H groups in total. The smallest absolute Gasteiger partial charge is 0.0512 e. The molecule has 0 aromatic carbocycles. The van der Waals surface area contributed by atoms with Gasteiger partial charge in [0.25, 0.3) is 0 Å². The second-order valence-electron chi connectivity index (χ2n) is 6.04. The quantitative estimate of drug-likeness (QED) is 0.877. The van der Waals surface area contributed by atoms with Gasteiger partial charge in [-0.3, -0.25) is 9.88 Å². The van der Waals surface area contributed by atoms with E-state index in [2.05, 4.69) is 23.7 Å². The molecule has 1 saturated heterocycles. The molecule has 106 valence electrons. The largest absolute Gasteiger partial charge is 0.398 e. The van der Waals surface area contributed by atoms with Gasteiger partial charge in [-0.05, 0) is 45.8 Å². The Morgan fingerprint density at radius 2 is 1.84 bits per heavy atom. The fourth-order valence-corrected chi connectivity index (χ4v) is 2.90. The lowest BCUT2D eigenvalue weighted by Crippen LogP contribution is -2.51. The summed E-state index contributed by atoms with van der Waals surface area (Å²) in [5.74, 6) is 0. The van der Waals surface area contributed by atoms with E-state index in [-0.39, 0.29) is 11.6 Å². The highest BCUT2D eigenvalue weighted by Crippen LogP contribution is 2.32. The zero-order valence-corrected chi connectivity index (χ0v) is 12.1. The molecule has 0 bridgehead atoms. The predicted octanol–water partition coefficient (Wildman–Crippen LogP) is 2.32. The molecule has 1 aliphatic rings. The number of nitrogens with zero attached hydrogens (tertiary/aromatic N) is 2. The average Bonchev–Trinajstić information content (AvgIpc) is 2.67. The van der Waals surface area contributed by atoms with Gasteiger partial charge in [-0.2, -0.15) is 0 Å². The summed E-state index contributed by atoms with van der Waals surface area (Å²) in [6.45, 7) is 6.69. The molecule has 4 nitrogen and oxygen atoms in total. The average molecular weight is 262 g/mol. The number of hydrogen-bond donors (Lipinski definition) is 2. The molecule has 19 heavy (non-hydrogen) atoms. The van der Waals surface area contributed by atoms with Gasteiger partial charge >= 0.3 is 0 Å². The van der Waals surface area contributed by atoms with Gasteiger partial charge < -0.3 is 11.5 Å². The van der Waals surface area contributed by atoms with Crippen LogP contribution in [-0.4, -0.2) is 28.5 Å². The van der Waals surface area contributed by atoms with Gasteiger partial charge in [0.05, 0.1) is 6.04 Å². The van der Waals surface area contributed by atoms with Crippen LogP contribution in [-0.2, 0) is 0 Å². The summed E-state index contributed by atoms with van der Waals surface area (Å²) >= 11 is 0. The Morgan fingerprint density at radius 3 is 2.42 bits per heavy atom. The fraction of sp³-hybridized carbons (Fsp3) is 0.667. The van der Waals surface area contributed by atoms with Gasteiger partial charge in [0.15, 0.2) is 0 Å². The van der Waals surface area contributed by atoms with Gasteiger partial charge in [-0.25, -0.2) is 0 Å². The van der Waals surface area contributed by atoms with Crippen LogP contribution in [0.25, 0.3) is 0 Å². The minimum Gasteiger partial charge on any atom is -0.398 e. The van der Waals surface area contributed by atoms with Crippen molar-refractivity contribution in [2.45, 2.75) is 51.1 Å². The fourth-order valence-electron chi connectivity index (χ4n) is 2.90. The topological polar surface area (TPSA) is 68.2 Å². The number of anilines is 1. The molecule has 2 rings (SSSR count). The monoisotopic (exact) mass is 262 g/mol. The molecular formula is C15H26N4. The molecule has 0 spiro atoms. The van der Waals surface area contributed by atoms with Crippen molar-refractivity contribution in [3.8, 4) is 0 Å². The maximum absolute atomic E-state index is 6.49. The molecule has 2 heterocycles. The van der Waals surface area contributed by atoms with Crippen molar-refractivity contribution in [2.24, 2.45) is 5.73 Å². The van der Waals surface area contributed by atoms with E-state index in [1.54, 1.807) is 12.4 Å². The van der Waals surface area contributed by atoms with E-state index in [0.29, 0.717) is 0 Å². The number of nitrogens with two attached hydrogens (primary N) is 2. The Hall–Kier alpha value is -1.13. The van der Waals surface area contributed by atoms with Crippen LogP contribution in [0.4, 0.5) is 5.69 Å². The van der Waals surface area contributed by atoms with Crippen LogP contribution in [0, 0.1) is 0 Å². The molecule has 0 aliphatic carbocycles. The van der Waals surface area contributed by atoms with E-state index in [1.165, 1.54) is 25.7 Å². The first-order valence-electron chi connectivity index (χ1n) is 7.23. The van der Waals surface area contributed by atoms with Gasteiger partial charge in [-0.15, -0.1) is 0 Å². The summed E-state index contributed by atoms with van der Waals surface area (Å²) in [6.07, 6.45) is 8.70. The standard InChI is InChI=1S/C15H26N4/c1-15(2,19-9-5-3-4-6-10-19)14(17)12-11-18-8-7-13(12)16/h7-8,11,14H,3-6,9-10,17H2,1-2H3,(H2,16,18). The summed E-state index contributed by atoms with van der Waals surface area (Å²) in [7, 11) is 0. The molecular weight excluding hydrogens is 236 g/mol. The van der Waals surface area contributed by atoms with Gasteiger partial charge in [-0.1, -0.05) is 12.8 Å². The van der Waals surface area contributed by atoms with E-state index in [0.717, 1.165) is 24.3 Å². The van der Waals surface area contributed by atoms with Gasteiger partial charge in [0.1, 0.15) is 0 Å². The summed E-state index contributed by atoms with van der Waals surface area (Å²) in [4.78, 5) is 6.68. The van der Waals surface area contributed by atoms with Crippen LogP contribution in [0.3, 0.4) is 0 Å². The third-order valence-electron chi connectivity index (χ3n) is 4.40. The lowest BCUT2D eigenvalue weighted by atomic mass is 9.87. The van der Waals surface area contributed by atoms with Crippen molar-refractivity contribution in [3.05, 3.63) is 24.0 Å². The van der Waals surface area contributed by atoms with Crippen molar-refractivity contribution >= 4 is 5.69 Å². The van der Waals surface area contributed by atoms with Crippen LogP contribution in [0.5, 0.6) is 0 Å². The number of rotatable bonds is 3. The minimum absolute atomic E-state index is 0.0957. The minimum atomic E-state index is -0.112. The van der Waals surface area contributed by atoms with Crippen molar-refractivity contribution in [2.75, 3.05) is 18.8 Å². The summed E-state index contributed by atoms with van der Waals surface area (Å²) in [5.41, 5.74) is 14.1. The van der Waals surface area contributed by atoms with Crippen LogP contribution < -0.4 is 11.5 Å². The van der Waals surface area contributed by atoms with Crippen molar-refractivity contribution < 1.29 is 0 Å². The number of pyridine rings is 1.